The Labute approximate surface area is 158 Å². The predicted molar refractivity (Wildman–Crippen MR) is 103 cm³/mol. The number of nitrogens with zero attached hydrogens (tertiary/aromatic N) is 2. The lowest BCUT2D eigenvalue weighted by atomic mass is 10.1. The van der Waals surface area contributed by atoms with Gasteiger partial charge in [0.05, 0.1) is 0 Å². The lowest BCUT2D eigenvalue weighted by molar-refractivity contribution is -0.141. The van der Waals surface area contributed by atoms with Crippen LogP contribution in [0.15, 0.2) is 42.1 Å². The summed E-state index contributed by atoms with van der Waals surface area (Å²) in [5, 5.41) is 21.0. The van der Waals surface area contributed by atoms with Crippen LogP contribution < -0.4 is 5.32 Å². The molecule has 0 heterocycles. The minimum atomic E-state index is -1.10. The molecule has 140 valence electrons. The molecule has 26 heavy (non-hydrogen) atoms. The summed E-state index contributed by atoms with van der Waals surface area (Å²) in [7, 11) is 0. The lowest BCUT2D eigenvalue weighted by Gasteiger charge is -2.25. The van der Waals surface area contributed by atoms with E-state index < -0.39 is 17.9 Å². The number of rotatable bonds is 10. The van der Waals surface area contributed by atoms with Crippen LogP contribution in [0.5, 0.6) is 0 Å². The minimum Gasteiger partial charge on any atom is -0.480 e. The van der Waals surface area contributed by atoms with Crippen LogP contribution in [0.4, 0.5) is 0 Å². The van der Waals surface area contributed by atoms with E-state index in [0.717, 1.165) is 5.56 Å². The number of carboxylic acids is 1. The van der Waals surface area contributed by atoms with Crippen LogP contribution in [0.3, 0.4) is 0 Å². The summed E-state index contributed by atoms with van der Waals surface area (Å²) < 4.78 is 0. The summed E-state index contributed by atoms with van der Waals surface area (Å²) in [5.41, 5.74) is 0.948. The predicted octanol–water partition coefficient (Wildman–Crippen LogP) is 2.63. The highest BCUT2D eigenvalue weighted by atomic mass is 32.2. The molecule has 0 saturated carbocycles. The molecule has 0 aliphatic carbocycles. The fourth-order valence-corrected chi connectivity index (χ4v) is 2.68. The van der Waals surface area contributed by atoms with Gasteiger partial charge in [-0.3, -0.25) is 4.79 Å². The quantitative estimate of drug-likeness (QED) is 0.482. The van der Waals surface area contributed by atoms with Crippen molar-refractivity contribution >= 4 is 23.6 Å². The zero-order chi connectivity index (χ0) is 19.5. The van der Waals surface area contributed by atoms with Crippen molar-refractivity contribution in [1.29, 1.82) is 5.26 Å². The first kappa shape index (κ1) is 21.6. The molecule has 2 N–H and O–H groups in total. The van der Waals surface area contributed by atoms with Gasteiger partial charge >= 0.3 is 5.97 Å². The van der Waals surface area contributed by atoms with Crippen molar-refractivity contribution in [1.82, 2.24) is 10.2 Å². The first-order valence-corrected chi connectivity index (χ1v) is 9.72. The molecule has 1 aromatic carbocycles. The van der Waals surface area contributed by atoms with Crippen LogP contribution in [0.2, 0.25) is 0 Å². The van der Waals surface area contributed by atoms with Crippen LogP contribution in [0, 0.1) is 11.3 Å². The van der Waals surface area contributed by atoms with Crippen LogP contribution in [0.25, 0.3) is 0 Å². The van der Waals surface area contributed by atoms with Gasteiger partial charge in [-0.2, -0.15) is 17.0 Å². The Morgan fingerprint density at radius 1 is 1.35 bits per heavy atom. The zero-order valence-electron chi connectivity index (χ0n) is 15.3. The van der Waals surface area contributed by atoms with Crippen LogP contribution in [0.1, 0.15) is 25.8 Å². The first-order valence-electron chi connectivity index (χ1n) is 8.33. The van der Waals surface area contributed by atoms with Gasteiger partial charge in [-0.05, 0) is 37.8 Å². The van der Waals surface area contributed by atoms with Crippen molar-refractivity contribution in [3.63, 3.8) is 0 Å². The van der Waals surface area contributed by atoms with Crippen molar-refractivity contribution in [2.75, 3.05) is 12.0 Å². The minimum absolute atomic E-state index is 0.0677. The molecule has 0 spiro atoms. The van der Waals surface area contributed by atoms with Crippen LogP contribution >= 0.6 is 11.8 Å². The number of hydrogen-bond acceptors (Lipinski definition) is 5. The van der Waals surface area contributed by atoms with Gasteiger partial charge in [0, 0.05) is 18.8 Å². The zero-order valence-corrected chi connectivity index (χ0v) is 16.1. The number of nitriles is 1. The van der Waals surface area contributed by atoms with E-state index in [1.807, 2.05) is 61.4 Å². The number of carboxylic acid groups (broad SMARTS) is 1. The highest BCUT2D eigenvalue weighted by Crippen LogP contribution is 2.11. The highest BCUT2D eigenvalue weighted by Gasteiger charge is 2.22. The monoisotopic (exact) mass is 375 g/mol. The molecule has 0 aliphatic rings. The van der Waals surface area contributed by atoms with E-state index in [2.05, 4.69) is 5.32 Å². The average Bonchev–Trinajstić information content (AvgIpc) is 2.62. The Balaban J connectivity index is 2.92. The molecule has 0 aromatic heterocycles. The molecule has 0 bridgehead atoms. The third kappa shape index (κ3) is 7.19. The van der Waals surface area contributed by atoms with Gasteiger partial charge < -0.3 is 15.3 Å². The number of amides is 1. The fraction of sp³-hybridized carbons (Fsp3) is 0.421. The molecule has 1 amide bonds. The summed E-state index contributed by atoms with van der Waals surface area (Å²) >= 11 is 1.50. The highest BCUT2D eigenvalue weighted by molar-refractivity contribution is 7.98. The maximum absolute atomic E-state index is 12.4. The van der Waals surface area contributed by atoms with E-state index in [1.165, 1.54) is 18.0 Å². The summed E-state index contributed by atoms with van der Waals surface area (Å²) in [6, 6.07) is 10.7. The normalized spacial score (nSPS) is 12.3. The smallest absolute Gasteiger partial charge is 0.326 e. The van der Waals surface area contributed by atoms with Crippen molar-refractivity contribution in [2.45, 2.75) is 38.9 Å². The van der Waals surface area contributed by atoms with E-state index >= 15 is 0 Å². The van der Waals surface area contributed by atoms with Crippen molar-refractivity contribution in [2.24, 2.45) is 0 Å². The molecular weight excluding hydrogens is 350 g/mol. The van der Waals surface area contributed by atoms with Gasteiger partial charge in [0.15, 0.2) is 0 Å². The van der Waals surface area contributed by atoms with E-state index in [-0.39, 0.29) is 11.6 Å². The molecular formula is C19H25N3O3S. The van der Waals surface area contributed by atoms with Crippen molar-refractivity contribution < 1.29 is 14.7 Å². The number of carbonyl (C=O) groups is 2. The molecule has 7 heteroatoms. The Bertz CT molecular complexity index is 668. The standard InChI is InChI=1S/C19H25N3O3S/c1-14(2)22(12-15-7-5-4-6-8-15)13-16(11-20)18(23)21-17(19(24)25)9-10-26-3/h4-8,13-14,17H,9-10,12H2,1-3H3,(H,21,23)(H,24,25)/b16-13-. The molecule has 1 aromatic rings. The Morgan fingerprint density at radius 2 is 2.00 bits per heavy atom. The molecule has 0 radical (unpaired) electrons. The van der Waals surface area contributed by atoms with Gasteiger partial charge in [0.1, 0.15) is 17.7 Å². The Morgan fingerprint density at radius 3 is 2.50 bits per heavy atom. The molecule has 1 unspecified atom stereocenters. The van der Waals surface area contributed by atoms with E-state index in [9.17, 15) is 20.0 Å². The summed E-state index contributed by atoms with van der Waals surface area (Å²) in [4.78, 5) is 25.5. The van der Waals surface area contributed by atoms with Gasteiger partial charge in [-0.1, -0.05) is 30.3 Å². The maximum atomic E-state index is 12.4. The largest absolute Gasteiger partial charge is 0.480 e. The SMILES string of the molecule is CSCCC(NC(=O)/C(C#N)=C\N(Cc1ccccc1)C(C)C)C(=O)O. The number of thioether (sulfide) groups is 1. The number of carbonyl (C=O) groups excluding carboxylic acids is 1. The summed E-state index contributed by atoms with van der Waals surface area (Å²) in [5.74, 6) is -1.16. The first-order chi connectivity index (χ1) is 12.4. The second-order valence-corrected chi connectivity index (χ2v) is 7.04. The van der Waals surface area contributed by atoms with E-state index in [4.69, 9.17) is 0 Å². The molecule has 6 nitrogen and oxygen atoms in total. The number of benzene rings is 1. The van der Waals surface area contributed by atoms with Gasteiger partial charge in [-0.15, -0.1) is 0 Å². The van der Waals surface area contributed by atoms with E-state index in [1.54, 1.807) is 0 Å². The van der Waals surface area contributed by atoms with Crippen molar-refractivity contribution in [3.05, 3.63) is 47.7 Å². The number of hydrogen-bond donors (Lipinski definition) is 2. The van der Waals surface area contributed by atoms with Crippen molar-refractivity contribution in [3.8, 4) is 6.07 Å². The molecule has 1 atom stereocenters. The molecule has 1 rings (SSSR count). The summed E-state index contributed by atoms with van der Waals surface area (Å²) in [6.45, 7) is 4.47. The molecule has 0 fully saturated rings. The third-order valence-electron chi connectivity index (χ3n) is 3.75. The fourth-order valence-electron chi connectivity index (χ4n) is 2.20. The molecule has 0 saturated heterocycles. The molecule has 0 aliphatic heterocycles. The summed E-state index contributed by atoms with van der Waals surface area (Å²) in [6.07, 6.45) is 3.67. The van der Waals surface area contributed by atoms with Gasteiger partial charge in [0.2, 0.25) is 0 Å². The topological polar surface area (TPSA) is 93.4 Å². The van der Waals surface area contributed by atoms with E-state index in [0.29, 0.717) is 18.7 Å². The second-order valence-electron chi connectivity index (χ2n) is 6.05. The Hall–Kier alpha value is -2.46. The van der Waals surface area contributed by atoms with Gasteiger partial charge in [-0.25, -0.2) is 4.79 Å². The van der Waals surface area contributed by atoms with Crippen LogP contribution in [-0.2, 0) is 16.1 Å². The maximum Gasteiger partial charge on any atom is 0.326 e. The Kier molecular flexibility index (Phi) is 9.31. The number of aliphatic carboxylic acids is 1. The second kappa shape index (κ2) is 11.2. The van der Waals surface area contributed by atoms with Crippen LogP contribution in [-0.4, -0.2) is 46.0 Å². The van der Waals surface area contributed by atoms with Gasteiger partial charge in [0.25, 0.3) is 5.91 Å². The average molecular weight is 375 g/mol. The number of nitrogens with one attached hydrogen (secondary N) is 1. The lowest BCUT2D eigenvalue weighted by Crippen LogP contribution is -2.42. The third-order valence-corrected chi connectivity index (χ3v) is 4.39.